The number of nitrogens with one attached hydrogen (secondary N) is 1. The average molecular weight is 330 g/mol. The molecule has 2 heteroatoms. The monoisotopic (exact) mass is 330 g/mol. The van der Waals surface area contributed by atoms with E-state index in [9.17, 15) is 0 Å². The van der Waals surface area contributed by atoms with Gasteiger partial charge in [0.15, 0.2) is 0 Å². The topological polar surface area (TPSA) is 15.3 Å². The molecule has 4 rings (SSSR count). The Bertz CT molecular complexity index is 807. The lowest BCUT2D eigenvalue weighted by atomic mass is 9.98. The zero-order chi connectivity index (χ0) is 16.9. The zero-order valence-corrected chi connectivity index (χ0v) is 14.7. The fourth-order valence-corrected chi connectivity index (χ4v) is 3.91. The summed E-state index contributed by atoms with van der Waals surface area (Å²) in [6.07, 6.45) is 2.33. The molecule has 3 aromatic carbocycles. The van der Waals surface area contributed by atoms with Gasteiger partial charge in [-0.05, 0) is 34.7 Å². The summed E-state index contributed by atoms with van der Waals surface area (Å²) >= 11 is 0. The Balaban J connectivity index is 1.37. The van der Waals surface area contributed by atoms with Crippen LogP contribution in [-0.4, -0.2) is 30.6 Å². The summed E-state index contributed by atoms with van der Waals surface area (Å²) in [5.41, 5.74) is 2.89. The fourth-order valence-electron chi connectivity index (χ4n) is 3.91. The van der Waals surface area contributed by atoms with Crippen LogP contribution in [0.4, 0.5) is 0 Å². The third-order valence-corrected chi connectivity index (χ3v) is 5.23. The maximum Gasteiger partial charge on any atom is 0.0234 e. The van der Waals surface area contributed by atoms with E-state index >= 15 is 0 Å². The first-order valence-electron chi connectivity index (χ1n) is 9.35. The molecule has 0 saturated carbocycles. The van der Waals surface area contributed by atoms with Gasteiger partial charge in [0.1, 0.15) is 0 Å². The van der Waals surface area contributed by atoms with Gasteiger partial charge in [0.25, 0.3) is 0 Å². The zero-order valence-electron chi connectivity index (χ0n) is 14.7. The Labute approximate surface area is 150 Å². The maximum absolute atomic E-state index is 3.71. The summed E-state index contributed by atoms with van der Waals surface area (Å²) in [7, 11) is 0. The molecule has 25 heavy (non-hydrogen) atoms. The number of benzene rings is 3. The van der Waals surface area contributed by atoms with E-state index in [0.29, 0.717) is 6.04 Å². The lowest BCUT2D eigenvalue weighted by Crippen LogP contribution is -2.50. The minimum atomic E-state index is 0.580. The van der Waals surface area contributed by atoms with Crippen molar-refractivity contribution in [1.29, 1.82) is 0 Å². The van der Waals surface area contributed by atoms with Crippen molar-refractivity contribution in [1.82, 2.24) is 10.2 Å². The molecule has 1 aliphatic rings. The van der Waals surface area contributed by atoms with Crippen molar-refractivity contribution in [2.75, 3.05) is 19.6 Å². The first kappa shape index (κ1) is 16.3. The van der Waals surface area contributed by atoms with Crippen LogP contribution in [0.1, 0.15) is 17.5 Å². The van der Waals surface area contributed by atoms with Crippen LogP contribution < -0.4 is 5.32 Å². The highest BCUT2D eigenvalue weighted by molar-refractivity contribution is 5.85. The van der Waals surface area contributed by atoms with Gasteiger partial charge in [-0.25, -0.2) is 0 Å². The molecule has 0 radical (unpaired) electrons. The molecular weight excluding hydrogens is 304 g/mol. The van der Waals surface area contributed by atoms with Crippen molar-refractivity contribution < 1.29 is 0 Å². The van der Waals surface area contributed by atoms with Crippen LogP contribution in [-0.2, 0) is 13.0 Å². The number of aryl methyl sites for hydroxylation is 1. The SMILES string of the molecule is c1ccc(CN2CCN[C@@H](CCc3cccc4ccccc34)C2)cc1. The average Bonchev–Trinajstić information content (AvgIpc) is 2.67. The van der Waals surface area contributed by atoms with Crippen LogP contribution in [0.25, 0.3) is 10.8 Å². The van der Waals surface area contributed by atoms with Gasteiger partial charge >= 0.3 is 0 Å². The summed E-state index contributed by atoms with van der Waals surface area (Å²) in [4.78, 5) is 2.58. The molecule has 0 unspecified atom stereocenters. The van der Waals surface area contributed by atoms with Crippen LogP contribution in [0.3, 0.4) is 0 Å². The number of rotatable bonds is 5. The van der Waals surface area contributed by atoms with Crippen molar-refractivity contribution in [2.24, 2.45) is 0 Å². The van der Waals surface area contributed by atoms with Gasteiger partial charge < -0.3 is 5.32 Å². The van der Waals surface area contributed by atoms with E-state index in [4.69, 9.17) is 0 Å². The maximum atomic E-state index is 3.71. The third kappa shape index (κ3) is 4.09. The molecule has 0 aliphatic carbocycles. The third-order valence-electron chi connectivity index (χ3n) is 5.23. The molecule has 2 nitrogen and oxygen atoms in total. The summed E-state index contributed by atoms with van der Waals surface area (Å²) < 4.78 is 0. The largest absolute Gasteiger partial charge is 0.311 e. The number of piperazine rings is 1. The quantitative estimate of drug-likeness (QED) is 0.752. The molecule has 1 fully saturated rings. The van der Waals surface area contributed by atoms with Crippen LogP contribution in [0, 0.1) is 0 Å². The van der Waals surface area contributed by atoms with Crippen LogP contribution in [0.15, 0.2) is 72.8 Å². The van der Waals surface area contributed by atoms with Gasteiger partial charge in [0.05, 0.1) is 0 Å². The Morgan fingerprint density at radius 2 is 1.68 bits per heavy atom. The highest BCUT2D eigenvalue weighted by Crippen LogP contribution is 2.20. The molecule has 0 amide bonds. The first-order chi connectivity index (χ1) is 12.4. The second-order valence-electron chi connectivity index (χ2n) is 7.05. The molecule has 0 bridgehead atoms. The Kier molecular flexibility index (Phi) is 5.10. The summed E-state index contributed by atoms with van der Waals surface area (Å²) in [6.45, 7) is 4.43. The van der Waals surface area contributed by atoms with E-state index in [1.807, 2.05) is 0 Å². The number of nitrogens with zero attached hydrogens (tertiary/aromatic N) is 1. The van der Waals surface area contributed by atoms with E-state index in [-0.39, 0.29) is 0 Å². The summed E-state index contributed by atoms with van der Waals surface area (Å²) in [6, 6.07) is 26.8. The minimum Gasteiger partial charge on any atom is -0.311 e. The van der Waals surface area contributed by atoms with E-state index in [1.165, 1.54) is 28.3 Å². The Morgan fingerprint density at radius 1 is 0.880 bits per heavy atom. The lowest BCUT2D eigenvalue weighted by Gasteiger charge is -2.34. The van der Waals surface area contributed by atoms with Gasteiger partial charge in [-0.1, -0.05) is 72.8 Å². The van der Waals surface area contributed by atoms with E-state index in [0.717, 1.165) is 32.6 Å². The molecule has 0 spiro atoms. The van der Waals surface area contributed by atoms with Crippen LogP contribution in [0.5, 0.6) is 0 Å². The number of fused-ring (bicyclic) bond motifs is 1. The van der Waals surface area contributed by atoms with Crippen molar-refractivity contribution in [3.05, 3.63) is 83.9 Å². The fraction of sp³-hybridized carbons (Fsp3) is 0.304. The second kappa shape index (κ2) is 7.81. The molecule has 1 atom stereocenters. The van der Waals surface area contributed by atoms with Gasteiger partial charge in [0.2, 0.25) is 0 Å². The standard InChI is InChI=1S/C23H26N2/c1-2-7-19(8-3-1)17-25-16-15-24-22(18-25)14-13-21-11-6-10-20-9-4-5-12-23(20)21/h1-12,22,24H,13-18H2/t22-/m0/s1. The van der Waals surface area contributed by atoms with Gasteiger partial charge in [-0.2, -0.15) is 0 Å². The first-order valence-corrected chi connectivity index (χ1v) is 9.35. The number of hydrogen-bond acceptors (Lipinski definition) is 2. The smallest absolute Gasteiger partial charge is 0.0234 e. The highest BCUT2D eigenvalue weighted by atomic mass is 15.2. The molecule has 1 N–H and O–H groups in total. The van der Waals surface area contributed by atoms with Gasteiger partial charge in [-0.15, -0.1) is 0 Å². The predicted molar refractivity (Wildman–Crippen MR) is 106 cm³/mol. The molecule has 1 saturated heterocycles. The summed E-state index contributed by atoms with van der Waals surface area (Å²) in [5.74, 6) is 0. The van der Waals surface area contributed by atoms with Crippen molar-refractivity contribution in [2.45, 2.75) is 25.4 Å². The van der Waals surface area contributed by atoms with Crippen molar-refractivity contribution in [3.63, 3.8) is 0 Å². The number of hydrogen-bond donors (Lipinski definition) is 1. The second-order valence-corrected chi connectivity index (χ2v) is 7.05. The lowest BCUT2D eigenvalue weighted by molar-refractivity contribution is 0.187. The van der Waals surface area contributed by atoms with E-state index in [2.05, 4.69) is 83.0 Å². The molecule has 0 aromatic heterocycles. The Hall–Kier alpha value is -2.16. The highest BCUT2D eigenvalue weighted by Gasteiger charge is 2.19. The van der Waals surface area contributed by atoms with E-state index in [1.54, 1.807) is 0 Å². The van der Waals surface area contributed by atoms with E-state index < -0.39 is 0 Å². The van der Waals surface area contributed by atoms with Crippen molar-refractivity contribution in [3.8, 4) is 0 Å². The van der Waals surface area contributed by atoms with Gasteiger partial charge in [-0.3, -0.25) is 4.90 Å². The normalized spacial score (nSPS) is 18.5. The van der Waals surface area contributed by atoms with Crippen LogP contribution in [0.2, 0.25) is 0 Å². The molecule has 1 heterocycles. The van der Waals surface area contributed by atoms with Crippen molar-refractivity contribution >= 4 is 10.8 Å². The van der Waals surface area contributed by atoms with Crippen LogP contribution >= 0.6 is 0 Å². The molecule has 1 aliphatic heterocycles. The molecule has 3 aromatic rings. The van der Waals surface area contributed by atoms with Gasteiger partial charge in [0, 0.05) is 32.2 Å². The minimum absolute atomic E-state index is 0.580. The molecular formula is C23H26N2. The predicted octanol–water partition coefficient (Wildman–Crippen LogP) is 4.25. The Morgan fingerprint density at radius 3 is 2.60 bits per heavy atom. The summed E-state index contributed by atoms with van der Waals surface area (Å²) in [5, 5.41) is 6.47. The molecule has 128 valence electrons.